The number of aromatic nitrogens is 1. The fraction of sp³-hybridized carbons (Fsp3) is 0.444. The van der Waals surface area contributed by atoms with Gasteiger partial charge in [-0.1, -0.05) is 56.2 Å². The van der Waals surface area contributed by atoms with E-state index in [4.69, 9.17) is 4.42 Å². The molecule has 33 heavy (non-hydrogen) atoms. The third kappa shape index (κ3) is 5.88. The largest absolute Gasteiger partial charge is 0.438 e. The van der Waals surface area contributed by atoms with Gasteiger partial charge in [0.2, 0.25) is 11.8 Å². The van der Waals surface area contributed by atoms with Crippen molar-refractivity contribution in [3.05, 3.63) is 54.6 Å². The van der Waals surface area contributed by atoms with Gasteiger partial charge in [-0.05, 0) is 36.7 Å². The molecule has 1 aromatic heterocycles. The average molecular weight is 448 g/mol. The Kier molecular flexibility index (Phi) is 7.55. The average Bonchev–Trinajstić information content (AvgIpc) is 3.30. The second-order valence-corrected chi connectivity index (χ2v) is 9.10. The Labute approximate surface area is 195 Å². The molecule has 1 atom stereocenters. The number of ketones is 1. The molecule has 174 valence electrons. The molecule has 0 radical (unpaired) electrons. The molecular weight excluding hydrogens is 414 g/mol. The van der Waals surface area contributed by atoms with Crippen LogP contribution < -0.4 is 5.32 Å². The standard InChI is InChI=1S/C27H33N3O3/c1-3-23(31)11-5-4-6-12-24(29-26(32)22-17-30(2)18-22)27-28-16-25(33-27)21-14-13-19-9-7-8-10-20(19)15-21/h7-10,13-16,22,24H,3-6,11-12,17-18H2,1-2H3,(H,29,32)/t24-/m0/s1. The number of nitrogens with one attached hydrogen (secondary N) is 1. The molecule has 0 saturated carbocycles. The quantitative estimate of drug-likeness (QED) is 0.412. The van der Waals surface area contributed by atoms with E-state index in [0.717, 1.165) is 49.7 Å². The molecule has 0 bridgehead atoms. The lowest BCUT2D eigenvalue weighted by molar-refractivity contribution is -0.130. The van der Waals surface area contributed by atoms with Crippen LogP contribution in [0, 0.1) is 5.92 Å². The minimum atomic E-state index is -0.264. The van der Waals surface area contributed by atoms with E-state index in [9.17, 15) is 9.59 Å². The summed E-state index contributed by atoms with van der Waals surface area (Å²) in [7, 11) is 2.02. The lowest BCUT2D eigenvalue weighted by Gasteiger charge is -2.35. The first-order chi connectivity index (χ1) is 16.0. The molecule has 1 N–H and O–H groups in total. The van der Waals surface area contributed by atoms with Gasteiger partial charge in [-0.25, -0.2) is 4.98 Å². The van der Waals surface area contributed by atoms with Gasteiger partial charge >= 0.3 is 0 Å². The van der Waals surface area contributed by atoms with Gasteiger partial charge in [0.05, 0.1) is 12.1 Å². The van der Waals surface area contributed by atoms with Gasteiger partial charge in [0.1, 0.15) is 11.8 Å². The first-order valence-electron chi connectivity index (χ1n) is 12.0. The summed E-state index contributed by atoms with van der Waals surface area (Å²) in [5.41, 5.74) is 0.969. The second kappa shape index (κ2) is 10.8. The highest BCUT2D eigenvalue weighted by molar-refractivity contribution is 5.86. The normalized spacial score (nSPS) is 15.3. The van der Waals surface area contributed by atoms with E-state index in [1.54, 1.807) is 6.20 Å². The Morgan fingerprint density at radius 3 is 2.67 bits per heavy atom. The summed E-state index contributed by atoms with van der Waals surface area (Å²) in [4.78, 5) is 31.0. The zero-order valence-electron chi connectivity index (χ0n) is 19.5. The van der Waals surface area contributed by atoms with Crippen molar-refractivity contribution >= 4 is 22.5 Å². The van der Waals surface area contributed by atoms with E-state index >= 15 is 0 Å². The minimum Gasteiger partial charge on any atom is -0.438 e. The highest BCUT2D eigenvalue weighted by Gasteiger charge is 2.32. The summed E-state index contributed by atoms with van der Waals surface area (Å²) < 4.78 is 6.16. The molecule has 2 heterocycles. The van der Waals surface area contributed by atoms with Crippen molar-refractivity contribution in [2.45, 2.75) is 51.5 Å². The van der Waals surface area contributed by atoms with E-state index in [2.05, 4.69) is 39.5 Å². The van der Waals surface area contributed by atoms with Crippen molar-refractivity contribution in [3.8, 4) is 11.3 Å². The number of fused-ring (bicyclic) bond motifs is 1. The SMILES string of the molecule is CCC(=O)CCCCC[C@H](NC(=O)C1CN(C)C1)c1ncc(-c2ccc3ccccc3c2)o1. The van der Waals surface area contributed by atoms with Crippen molar-refractivity contribution < 1.29 is 14.0 Å². The van der Waals surface area contributed by atoms with Crippen LogP contribution in [-0.4, -0.2) is 41.7 Å². The van der Waals surface area contributed by atoms with Gasteiger partial charge in [-0.3, -0.25) is 9.59 Å². The number of benzene rings is 2. The van der Waals surface area contributed by atoms with Crippen molar-refractivity contribution in [1.29, 1.82) is 0 Å². The first kappa shape index (κ1) is 23.2. The van der Waals surface area contributed by atoms with Crippen LogP contribution in [0.3, 0.4) is 0 Å². The van der Waals surface area contributed by atoms with Crippen molar-refractivity contribution in [1.82, 2.24) is 15.2 Å². The third-order valence-electron chi connectivity index (χ3n) is 6.45. The van der Waals surface area contributed by atoms with Crippen molar-refractivity contribution in [3.63, 3.8) is 0 Å². The Bertz CT molecular complexity index is 1100. The number of oxazole rings is 1. The molecular formula is C27H33N3O3. The Balaban J connectivity index is 1.45. The van der Waals surface area contributed by atoms with Crippen LogP contribution in [0.1, 0.15) is 57.4 Å². The molecule has 3 aromatic rings. The molecule has 1 fully saturated rings. The van der Waals surface area contributed by atoms with Crippen LogP contribution in [0.4, 0.5) is 0 Å². The summed E-state index contributed by atoms with van der Waals surface area (Å²) in [5, 5.41) is 5.50. The lowest BCUT2D eigenvalue weighted by Crippen LogP contribution is -2.52. The molecule has 0 aliphatic carbocycles. The number of carbonyl (C=O) groups excluding carboxylic acids is 2. The van der Waals surface area contributed by atoms with Crippen LogP contribution in [0.2, 0.25) is 0 Å². The van der Waals surface area contributed by atoms with Gasteiger partial charge in [-0.15, -0.1) is 0 Å². The fourth-order valence-corrected chi connectivity index (χ4v) is 4.36. The molecule has 4 rings (SSSR count). The number of amides is 1. The maximum Gasteiger partial charge on any atom is 0.226 e. The van der Waals surface area contributed by atoms with Gasteiger partial charge in [0, 0.05) is 31.5 Å². The maximum absolute atomic E-state index is 12.7. The summed E-state index contributed by atoms with van der Waals surface area (Å²) in [6.07, 6.45) is 6.45. The predicted molar refractivity (Wildman–Crippen MR) is 130 cm³/mol. The van der Waals surface area contributed by atoms with E-state index in [0.29, 0.717) is 30.3 Å². The molecule has 1 amide bonds. The molecule has 0 unspecified atom stereocenters. The van der Waals surface area contributed by atoms with E-state index < -0.39 is 0 Å². The Morgan fingerprint density at radius 2 is 1.91 bits per heavy atom. The summed E-state index contributed by atoms with van der Waals surface area (Å²) >= 11 is 0. The molecule has 1 saturated heterocycles. The fourth-order valence-electron chi connectivity index (χ4n) is 4.36. The van der Waals surface area contributed by atoms with Crippen LogP contribution in [0.15, 0.2) is 53.1 Å². The highest BCUT2D eigenvalue weighted by Crippen LogP contribution is 2.29. The number of rotatable bonds is 11. The number of likely N-dealkylation sites (tertiary alicyclic amines) is 1. The zero-order chi connectivity index (χ0) is 23.2. The van der Waals surface area contributed by atoms with E-state index in [-0.39, 0.29) is 17.9 Å². The summed E-state index contributed by atoms with van der Waals surface area (Å²) in [6.45, 7) is 3.47. The molecule has 0 spiro atoms. The van der Waals surface area contributed by atoms with E-state index in [1.165, 1.54) is 5.39 Å². The van der Waals surface area contributed by atoms with Crippen molar-refractivity contribution in [2.75, 3.05) is 20.1 Å². The molecule has 1 aliphatic heterocycles. The number of hydrogen-bond acceptors (Lipinski definition) is 5. The van der Waals surface area contributed by atoms with Gasteiger partial charge in [0.25, 0.3) is 0 Å². The van der Waals surface area contributed by atoms with Gasteiger partial charge < -0.3 is 14.6 Å². The highest BCUT2D eigenvalue weighted by atomic mass is 16.4. The van der Waals surface area contributed by atoms with Crippen molar-refractivity contribution in [2.24, 2.45) is 5.92 Å². The predicted octanol–water partition coefficient (Wildman–Crippen LogP) is 5.14. The Hall–Kier alpha value is -2.99. The number of hydrogen-bond donors (Lipinski definition) is 1. The Morgan fingerprint density at radius 1 is 1.12 bits per heavy atom. The van der Waals surface area contributed by atoms with Crippen LogP contribution >= 0.6 is 0 Å². The monoisotopic (exact) mass is 447 g/mol. The number of Topliss-reactive ketones (excluding diaryl/α,β-unsaturated/α-hetero) is 1. The van der Waals surface area contributed by atoms with Crippen LogP contribution in [-0.2, 0) is 9.59 Å². The number of carbonyl (C=O) groups is 2. The molecule has 1 aliphatic rings. The number of unbranched alkanes of at least 4 members (excludes halogenated alkanes) is 2. The summed E-state index contributed by atoms with van der Waals surface area (Å²) in [6, 6.07) is 14.2. The topological polar surface area (TPSA) is 75.4 Å². The first-order valence-corrected chi connectivity index (χ1v) is 12.0. The van der Waals surface area contributed by atoms with Crippen LogP contribution in [0.25, 0.3) is 22.1 Å². The maximum atomic E-state index is 12.7. The number of nitrogens with zero attached hydrogens (tertiary/aromatic N) is 2. The third-order valence-corrected chi connectivity index (χ3v) is 6.45. The minimum absolute atomic E-state index is 0.0228. The summed E-state index contributed by atoms with van der Waals surface area (Å²) in [5.74, 6) is 1.64. The van der Waals surface area contributed by atoms with Gasteiger partial charge in [0.15, 0.2) is 5.76 Å². The molecule has 6 nitrogen and oxygen atoms in total. The second-order valence-electron chi connectivity index (χ2n) is 9.10. The zero-order valence-corrected chi connectivity index (χ0v) is 19.5. The van der Waals surface area contributed by atoms with Crippen LogP contribution in [0.5, 0.6) is 0 Å². The molecule has 6 heteroatoms. The van der Waals surface area contributed by atoms with Gasteiger partial charge in [-0.2, -0.15) is 0 Å². The smallest absolute Gasteiger partial charge is 0.226 e. The lowest BCUT2D eigenvalue weighted by atomic mass is 9.99. The molecule has 2 aromatic carbocycles. The van der Waals surface area contributed by atoms with E-state index in [1.807, 2.05) is 32.2 Å².